The van der Waals surface area contributed by atoms with Crippen LogP contribution in [0.1, 0.15) is 25.7 Å². The maximum atomic E-state index is 4.23. The zero-order valence-corrected chi connectivity index (χ0v) is 7.20. The molecule has 1 radical (unpaired) electrons. The van der Waals surface area contributed by atoms with Crippen LogP contribution in [0.4, 0.5) is 0 Å². The van der Waals surface area contributed by atoms with Crippen molar-refractivity contribution in [2.24, 2.45) is 5.41 Å². The second-order valence-corrected chi connectivity index (χ2v) is 3.32. The first kappa shape index (κ1) is 7.65. The van der Waals surface area contributed by atoms with E-state index in [9.17, 15) is 0 Å². The molecule has 0 amide bonds. The summed E-state index contributed by atoms with van der Waals surface area (Å²) < 4.78 is 0. The minimum Gasteiger partial charge on any atom is -0.662 e. The van der Waals surface area contributed by atoms with Crippen LogP contribution >= 0.6 is 0 Å². The molecule has 2 rings (SSSR count). The number of nitrogens with zero attached hydrogens (tertiary/aromatic N) is 1. The van der Waals surface area contributed by atoms with Crippen molar-refractivity contribution < 1.29 is 18.6 Å². The van der Waals surface area contributed by atoms with Crippen LogP contribution in [0.2, 0.25) is 0 Å². The van der Waals surface area contributed by atoms with Crippen LogP contribution in [0.3, 0.4) is 0 Å². The molecule has 0 aliphatic heterocycles. The quantitative estimate of drug-likeness (QED) is 0.558. The molecule has 0 bridgehead atoms. The van der Waals surface area contributed by atoms with Crippen molar-refractivity contribution in [3.05, 3.63) is 5.32 Å². The second-order valence-electron chi connectivity index (χ2n) is 3.32. The van der Waals surface area contributed by atoms with E-state index in [1.807, 2.05) is 7.05 Å². The topological polar surface area (TPSA) is 14.1 Å². The summed E-state index contributed by atoms with van der Waals surface area (Å²) in [7, 11) is 1.94. The monoisotopic (exact) mass is 161 g/mol. The molecule has 0 atom stereocenters. The van der Waals surface area contributed by atoms with Crippen molar-refractivity contribution >= 4 is 0 Å². The molecule has 2 heteroatoms. The first-order valence-corrected chi connectivity index (χ1v) is 3.44. The molecule has 0 aromatic rings. The summed E-state index contributed by atoms with van der Waals surface area (Å²) in [6, 6.07) is 0.748. The molecule has 2 saturated carbocycles. The van der Waals surface area contributed by atoms with E-state index in [2.05, 4.69) is 5.32 Å². The summed E-state index contributed by atoms with van der Waals surface area (Å²) in [5.41, 5.74) is 0.851. The van der Waals surface area contributed by atoms with Gasteiger partial charge in [0, 0.05) is 18.6 Å². The Kier molecular flexibility index (Phi) is 1.95. The summed E-state index contributed by atoms with van der Waals surface area (Å²) in [4.78, 5) is 0. The summed E-state index contributed by atoms with van der Waals surface area (Å²) in [6.07, 6.45) is 5.81. The Morgan fingerprint density at radius 3 is 2.22 bits per heavy atom. The Morgan fingerprint density at radius 2 is 1.89 bits per heavy atom. The zero-order chi connectivity index (χ0) is 5.61. The van der Waals surface area contributed by atoms with E-state index >= 15 is 0 Å². The van der Waals surface area contributed by atoms with E-state index < -0.39 is 0 Å². The van der Waals surface area contributed by atoms with Gasteiger partial charge in [-0.05, 0) is 18.3 Å². The van der Waals surface area contributed by atoms with Gasteiger partial charge in [0.25, 0.3) is 0 Å². The molecule has 1 nitrogen and oxygen atoms in total. The number of hydrogen-bond acceptors (Lipinski definition) is 0. The van der Waals surface area contributed by atoms with Crippen molar-refractivity contribution in [1.29, 1.82) is 0 Å². The molecule has 0 heterocycles. The van der Waals surface area contributed by atoms with Crippen LogP contribution < -0.4 is 0 Å². The predicted octanol–water partition coefficient (Wildman–Crippen LogP) is 1.93. The third-order valence-corrected chi connectivity index (χ3v) is 2.66. The van der Waals surface area contributed by atoms with Gasteiger partial charge >= 0.3 is 0 Å². The van der Waals surface area contributed by atoms with E-state index in [0.29, 0.717) is 0 Å². The SMILES string of the molecule is C[N-]C1CC2(CC2)C1.[V]. The molecule has 51 valence electrons. The van der Waals surface area contributed by atoms with Gasteiger partial charge in [0.1, 0.15) is 0 Å². The van der Waals surface area contributed by atoms with Gasteiger partial charge in [0.15, 0.2) is 0 Å². The fourth-order valence-electron chi connectivity index (χ4n) is 1.71. The van der Waals surface area contributed by atoms with Crippen LogP contribution in [-0.2, 0) is 18.6 Å². The Hall–Kier alpha value is 0.544. The van der Waals surface area contributed by atoms with Gasteiger partial charge in [-0.3, -0.25) is 0 Å². The summed E-state index contributed by atoms with van der Waals surface area (Å²) in [5, 5.41) is 4.23. The largest absolute Gasteiger partial charge is 0.662 e. The Morgan fingerprint density at radius 1 is 1.33 bits per heavy atom. The van der Waals surface area contributed by atoms with E-state index in [1.54, 1.807) is 0 Å². The molecule has 9 heavy (non-hydrogen) atoms. The first-order chi connectivity index (χ1) is 3.85. The third-order valence-electron chi connectivity index (χ3n) is 2.66. The maximum absolute atomic E-state index is 4.23. The minimum atomic E-state index is 0. The second kappa shape index (κ2) is 2.30. The van der Waals surface area contributed by atoms with E-state index in [4.69, 9.17) is 0 Å². The maximum Gasteiger partial charge on any atom is 0 e. The normalized spacial score (nSPS) is 29.0. The van der Waals surface area contributed by atoms with Crippen LogP contribution in [0.25, 0.3) is 5.32 Å². The first-order valence-electron chi connectivity index (χ1n) is 3.44. The Balaban J connectivity index is 0.000000405. The molecular weight excluding hydrogens is 149 g/mol. The van der Waals surface area contributed by atoms with Gasteiger partial charge in [0.2, 0.25) is 0 Å². The van der Waals surface area contributed by atoms with Crippen molar-refractivity contribution in [3.8, 4) is 0 Å². The van der Waals surface area contributed by atoms with Crippen molar-refractivity contribution in [2.45, 2.75) is 31.7 Å². The summed E-state index contributed by atoms with van der Waals surface area (Å²) in [6.45, 7) is 0. The molecule has 1 spiro atoms. The Bertz CT molecular complexity index is 101. The molecular formula is C7H12NV-. The summed E-state index contributed by atoms with van der Waals surface area (Å²) in [5.74, 6) is 0. The van der Waals surface area contributed by atoms with Crippen molar-refractivity contribution in [1.82, 2.24) is 0 Å². The van der Waals surface area contributed by atoms with Crippen LogP contribution in [0.5, 0.6) is 0 Å². The minimum absolute atomic E-state index is 0. The van der Waals surface area contributed by atoms with Crippen molar-refractivity contribution in [3.63, 3.8) is 0 Å². The number of hydrogen-bond donors (Lipinski definition) is 0. The smallest absolute Gasteiger partial charge is 0 e. The standard InChI is InChI=1S/C7H12N.V/c1-8-6-4-7(5-6)2-3-7;/h6H,2-5H2,1H3;/q-1;. The third kappa shape index (κ3) is 1.19. The van der Waals surface area contributed by atoms with E-state index in [1.165, 1.54) is 25.7 Å². The van der Waals surface area contributed by atoms with Crippen molar-refractivity contribution in [2.75, 3.05) is 7.05 Å². The molecule has 0 aromatic carbocycles. The van der Waals surface area contributed by atoms with Crippen LogP contribution in [0, 0.1) is 5.41 Å². The van der Waals surface area contributed by atoms with Crippen LogP contribution in [-0.4, -0.2) is 13.1 Å². The van der Waals surface area contributed by atoms with Gasteiger partial charge in [-0.1, -0.05) is 12.8 Å². The average molecular weight is 161 g/mol. The molecule has 0 saturated heterocycles. The molecule has 2 aliphatic carbocycles. The predicted molar refractivity (Wildman–Crippen MR) is 34.0 cm³/mol. The average Bonchev–Trinajstić information content (AvgIpc) is 2.38. The van der Waals surface area contributed by atoms with Gasteiger partial charge < -0.3 is 5.32 Å². The Labute approximate surface area is 68.5 Å². The van der Waals surface area contributed by atoms with Gasteiger partial charge in [-0.25, -0.2) is 0 Å². The fourth-order valence-corrected chi connectivity index (χ4v) is 1.71. The van der Waals surface area contributed by atoms with E-state index in [-0.39, 0.29) is 18.6 Å². The fraction of sp³-hybridized carbons (Fsp3) is 1.00. The molecule has 0 aromatic heterocycles. The zero-order valence-electron chi connectivity index (χ0n) is 5.80. The van der Waals surface area contributed by atoms with Gasteiger partial charge in [-0.2, -0.15) is 7.05 Å². The van der Waals surface area contributed by atoms with E-state index in [0.717, 1.165) is 11.5 Å². The number of rotatable bonds is 1. The van der Waals surface area contributed by atoms with Gasteiger partial charge in [0.05, 0.1) is 0 Å². The summed E-state index contributed by atoms with van der Waals surface area (Å²) >= 11 is 0. The molecule has 0 N–H and O–H groups in total. The van der Waals surface area contributed by atoms with Crippen LogP contribution in [0.15, 0.2) is 0 Å². The van der Waals surface area contributed by atoms with Gasteiger partial charge in [-0.15, -0.1) is 6.04 Å². The molecule has 2 aliphatic rings. The molecule has 2 fully saturated rings. The molecule has 0 unspecified atom stereocenters.